The summed E-state index contributed by atoms with van der Waals surface area (Å²) in [7, 11) is 1.58. The molecule has 0 bridgehead atoms. The molecule has 0 atom stereocenters. The minimum atomic E-state index is -0.0903. The lowest BCUT2D eigenvalue weighted by Crippen LogP contribution is -2.23. The van der Waals surface area contributed by atoms with E-state index in [0.29, 0.717) is 23.5 Å². The Morgan fingerprint density at radius 3 is 2.52 bits per heavy atom. The van der Waals surface area contributed by atoms with Crippen LogP contribution in [0.5, 0.6) is 5.75 Å². The maximum absolute atomic E-state index is 12.1. The van der Waals surface area contributed by atoms with E-state index in [0.717, 1.165) is 11.1 Å². The molecule has 0 fully saturated rings. The highest BCUT2D eigenvalue weighted by molar-refractivity contribution is 5.94. The van der Waals surface area contributed by atoms with Crippen molar-refractivity contribution < 1.29 is 9.53 Å². The van der Waals surface area contributed by atoms with Crippen molar-refractivity contribution >= 4 is 11.6 Å². The van der Waals surface area contributed by atoms with Crippen LogP contribution in [0.4, 0.5) is 5.69 Å². The Labute approximate surface area is 124 Å². The second-order valence-corrected chi connectivity index (χ2v) is 5.06. The fraction of sp³-hybridized carbons (Fsp3) is 0.235. The number of nitrogen functional groups attached to an aromatic ring is 1. The van der Waals surface area contributed by atoms with Gasteiger partial charge in [0, 0.05) is 12.1 Å². The van der Waals surface area contributed by atoms with Gasteiger partial charge < -0.3 is 15.8 Å². The summed E-state index contributed by atoms with van der Waals surface area (Å²) >= 11 is 0. The summed E-state index contributed by atoms with van der Waals surface area (Å²) in [4.78, 5) is 12.1. The lowest BCUT2D eigenvalue weighted by atomic mass is 10.1. The Balaban J connectivity index is 2.03. The summed E-state index contributed by atoms with van der Waals surface area (Å²) in [6.45, 7) is 4.45. The van der Waals surface area contributed by atoms with E-state index in [1.807, 2.05) is 38.1 Å². The largest absolute Gasteiger partial charge is 0.495 e. The van der Waals surface area contributed by atoms with Crippen LogP contribution in [0, 0.1) is 13.8 Å². The van der Waals surface area contributed by atoms with E-state index in [4.69, 9.17) is 10.5 Å². The minimum absolute atomic E-state index is 0.0903. The first kappa shape index (κ1) is 14.9. The Kier molecular flexibility index (Phi) is 4.48. The molecule has 0 aliphatic rings. The number of nitrogens with two attached hydrogens (primary N) is 1. The predicted molar refractivity (Wildman–Crippen MR) is 84.5 cm³/mol. The Morgan fingerprint density at radius 2 is 1.90 bits per heavy atom. The lowest BCUT2D eigenvalue weighted by molar-refractivity contribution is 0.0951. The van der Waals surface area contributed by atoms with Crippen molar-refractivity contribution in [2.24, 2.45) is 0 Å². The summed E-state index contributed by atoms with van der Waals surface area (Å²) in [5.74, 6) is 0.548. The monoisotopic (exact) mass is 284 g/mol. The molecular weight excluding hydrogens is 264 g/mol. The molecule has 0 radical (unpaired) electrons. The molecule has 0 spiro atoms. The number of ether oxygens (including phenoxy) is 1. The number of hydrogen-bond donors (Lipinski definition) is 2. The number of rotatable bonds is 4. The van der Waals surface area contributed by atoms with Gasteiger partial charge in [0.2, 0.25) is 0 Å². The van der Waals surface area contributed by atoms with Crippen LogP contribution in [0.3, 0.4) is 0 Å². The van der Waals surface area contributed by atoms with Crippen molar-refractivity contribution in [1.29, 1.82) is 0 Å². The number of anilines is 1. The molecule has 0 aliphatic heterocycles. The molecular formula is C17H20N2O2. The smallest absolute Gasteiger partial charge is 0.251 e. The summed E-state index contributed by atoms with van der Waals surface area (Å²) in [5.41, 5.74) is 10.3. The minimum Gasteiger partial charge on any atom is -0.495 e. The van der Waals surface area contributed by atoms with Crippen molar-refractivity contribution in [2.75, 3.05) is 12.8 Å². The molecule has 0 unspecified atom stereocenters. The maximum atomic E-state index is 12.1. The number of aryl methyl sites for hydroxylation is 2. The Morgan fingerprint density at radius 1 is 1.14 bits per heavy atom. The van der Waals surface area contributed by atoms with E-state index in [2.05, 4.69) is 5.32 Å². The van der Waals surface area contributed by atoms with Gasteiger partial charge in [-0.05, 0) is 54.8 Å². The van der Waals surface area contributed by atoms with Crippen LogP contribution in [0.2, 0.25) is 0 Å². The van der Waals surface area contributed by atoms with Crippen LogP contribution in [-0.2, 0) is 6.54 Å². The molecule has 2 rings (SSSR count). The zero-order valence-electron chi connectivity index (χ0n) is 12.6. The Bertz CT molecular complexity index is 666. The normalized spacial score (nSPS) is 10.2. The van der Waals surface area contributed by atoms with E-state index in [1.165, 1.54) is 5.56 Å². The molecule has 0 aliphatic carbocycles. The quantitative estimate of drug-likeness (QED) is 0.849. The fourth-order valence-corrected chi connectivity index (χ4v) is 2.06. The van der Waals surface area contributed by atoms with E-state index < -0.39 is 0 Å². The second kappa shape index (κ2) is 6.31. The van der Waals surface area contributed by atoms with Crippen LogP contribution in [-0.4, -0.2) is 13.0 Å². The van der Waals surface area contributed by atoms with Crippen LogP contribution < -0.4 is 15.8 Å². The van der Waals surface area contributed by atoms with Crippen LogP contribution in [0.1, 0.15) is 27.0 Å². The molecule has 0 saturated heterocycles. The van der Waals surface area contributed by atoms with Gasteiger partial charge in [-0.1, -0.05) is 12.1 Å². The van der Waals surface area contributed by atoms with Crippen molar-refractivity contribution in [3.05, 3.63) is 58.7 Å². The first-order valence-electron chi connectivity index (χ1n) is 6.79. The number of carbonyl (C=O) groups excluding carboxylic acids is 1. The molecule has 1 amide bonds. The summed E-state index contributed by atoms with van der Waals surface area (Å²) in [6.07, 6.45) is 0. The van der Waals surface area contributed by atoms with Gasteiger partial charge in [-0.25, -0.2) is 0 Å². The molecule has 0 aromatic heterocycles. The molecule has 21 heavy (non-hydrogen) atoms. The van der Waals surface area contributed by atoms with Gasteiger partial charge in [0.15, 0.2) is 0 Å². The van der Waals surface area contributed by atoms with Gasteiger partial charge in [-0.2, -0.15) is 0 Å². The van der Waals surface area contributed by atoms with Gasteiger partial charge in [0.05, 0.1) is 12.8 Å². The molecule has 2 aromatic rings. The molecule has 0 saturated carbocycles. The van der Waals surface area contributed by atoms with E-state index in [9.17, 15) is 4.79 Å². The molecule has 110 valence electrons. The number of benzene rings is 2. The van der Waals surface area contributed by atoms with E-state index in [-0.39, 0.29) is 5.91 Å². The Hall–Kier alpha value is -2.49. The van der Waals surface area contributed by atoms with Crippen molar-refractivity contribution in [1.82, 2.24) is 5.32 Å². The number of hydrogen-bond acceptors (Lipinski definition) is 3. The van der Waals surface area contributed by atoms with E-state index in [1.54, 1.807) is 19.2 Å². The third-order valence-corrected chi connectivity index (χ3v) is 3.52. The highest BCUT2D eigenvalue weighted by Gasteiger charge is 2.07. The van der Waals surface area contributed by atoms with Crippen LogP contribution in [0.25, 0.3) is 0 Å². The average molecular weight is 284 g/mol. The lowest BCUT2D eigenvalue weighted by Gasteiger charge is -2.09. The number of amides is 1. The van der Waals surface area contributed by atoms with E-state index >= 15 is 0 Å². The zero-order valence-corrected chi connectivity index (χ0v) is 12.6. The van der Waals surface area contributed by atoms with Crippen LogP contribution in [0.15, 0.2) is 36.4 Å². The third-order valence-electron chi connectivity index (χ3n) is 3.52. The summed E-state index contributed by atoms with van der Waals surface area (Å²) in [6, 6.07) is 11.2. The fourth-order valence-electron chi connectivity index (χ4n) is 2.06. The van der Waals surface area contributed by atoms with Gasteiger partial charge in [0.25, 0.3) is 5.91 Å². The first-order valence-corrected chi connectivity index (χ1v) is 6.79. The summed E-state index contributed by atoms with van der Waals surface area (Å²) in [5, 5.41) is 2.89. The number of methoxy groups -OCH3 is 1. The number of nitrogens with one attached hydrogen (secondary N) is 1. The topological polar surface area (TPSA) is 64.3 Å². The van der Waals surface area contributed by atoms with Crippen LogP contribution >= 0.6 is 0 Å². The molecule has 4 nitrogen and oxygen atoms in total. The maximum Gasteiger partial charge on any atom is 0.251 e. The molecule has 3 N–H and O–H groups in total. The first-order chi connectivity index (χ1) is 10.0. The predicted octanol–water partition coefficient (Wildman–Crippen LogP) is 2.82. The van der Waals surface area contributed by atoms with Gasteiger partial charge in [-0.15, -0.1) is 0 Å². The molecule has 2 aromatic carbocycles. The van der Waals surface area contributed by atoms with Crippen molar-refractivity contribution in [3.8, 4) is 5.75 Å². The third kappa shape index (κ3) is 3.54. The molecule has 0 heterocycles. The zero-order chi connectivity index (χ0) is 15.4. The highest BCUT2D eigenvalue weighted by atomic mass is 16.5. The van der Waals surface area contributed by atoms with Gasteiger partial charge >= 0.3 is 0 Å². The van der Waals surface area contributed by atoms with Crippen molar-refractivity contribution in [3.63, 3.8) is 0 Å². The van der Waals surface area contributed by atoms with Crippen molar-refractivity contribution in [2.45, 2.75) is 20.4 Å². The van der Waals surface area contributed by atoms with Gasteiger partial charge in [0.1, 0.15) is 5.75 Å². The van der Waals surface area contributed by atoms with Gasteiger partial charge in [-0.3, -0.25) is 4.79 Å². The average Bonchev–Trinajstić information content (AvgIpc) is 2.47. The second-order valence-electron chi connectivity index (χ2n) is 5.06. The molecule has 4 heteroatoms. The number of carbonyl (C=O) groups is 1. The SMILES string of the molecule is COc1ccc(CNC(=O)c2ccc(C)c(C)c2)cc1N. The highest BCUT2D eigenvalue weighted by Crippen LogP contribution is 2.21. The summed E-state index contributed by atoms with van der Waals surface area (Å²) < 4.78 is 5.11. The standard InChI is InChI=1S/C17H20N2O2/c1-11-4-6-14(8-12(11)2)17(20)19-10-13-5-7-16(21-3)15(18)9-13/h4-9H,10,18H2,1-3H3,(H,19,20).